The number of hydrogen-bond acceptors (Lipinski definition) is 9. The van der Waals surface area contributed by atoms with Crippen LogP contribution in [0.2, 0.25) is 0 Å². The van der Waals surface area contributed by atoms with E-state index in [4.69, 9.17) is 18.9 Å². The number of esters is 1. The average Bonchev–Trinajstić information content (AvgIpc) is 3.36. The van der Waals surface area contributed by atoms with Crippen LogP contribution in [0.5, 0.6) is 0 Å². The van der Waals surface area contributed by atoms with Crippen molar-refractivity contribution in [3.63, 3.8) is 0 Å². The maximum absolute atomic E-state index is 12.9. The molecule has 4 N–H and O–H groups in total. The zero-order valence-corrected chi connectivity index (χ0v) is 45.3. The number of aliphatic hydroxyl groups excluding tert-OH is 4. The maximum atomic E-state index is 12.9. The Morgan fingerprint density at radius 2 is 0.871 bits per heavy atom. The van der Waals surface area contributed by atoms with Gasteiger partial charge in [-0.15, -0.1) is 0 Å². The number of aliphatic hydroxyl groups is 4. The SMILES string of the molecule is CC/C=C\C/C=C\C/C=C\C/C=C\C/C=C\CCCCCCCC(=O)OC(COCCCCCCCCCCCCCCCCCCCCCCCCCCCC)COC1OC(CO)C(O)C(O)C1O. The molecule has 0 aliphatic carbocycles. The third-order valence-corrected chi connectivity index (χ3v) is 13.4. The molecule has 1 saturated heterocycles. The van der Waals surface area contributed by atoms with Crippen LogP contribution in [0.4, 0.5) is 0 Å². The van der Waals surface area contributed by atoms with Gasteiger partial charge < -0.3 is 39.4 Å². The molecule has 70 heavy (non-hydrogen) atoms. The van der Waals surface area contributed by atoms with E-state index < -0.39 is 43.4 Å². The van der Waals surface area contributed by atoms with Gasteiger partial charge in [0.2, 0.25) is 0 Å². The molecular formula is C61H110O9. The molecule has 0 radical (unpaired) electrons. The fourth-order valence-corrected chi connectivity index (χ4v) is 8.93. The van der Waals surface area contributed by atoms with Crippen molar-refractivity contribution < 1.29 is 44.2 Å². The number of allylic oxidation sites excluding steroid dienone is 10. The molecule has 1 aliphatic rings. The molecule has 9 heteroatoms. The van der Waals surface area contributed by atoms with Gasteiger partial charge in [-0.2, -0.15) is 0 Å². The van der Waals surface area contributed by atoms with Gasteiger partial charge in [0, 0.05) is 13.0 Å². The monoisotopic (exact) mass is 987 g/mol. The van der Waals surface area contributed by atoms with Gasteiger partial charge >= 0.3 is 5.97 Å². The van der Waals surface area contributed by atoms with E-state index in [0.29, 0.717) is 13.0 Å². The van der Waals surface area contributed by atoms with Crippen LogP contribution < -0.4 is 0 Å². The quantitative estimate of drug-likeness (QED) is 0.0267. The van der Waals surface area contributed by atoms with E-state index in [0.717, 1.165) is 83.5 Å². The highest BCUT2D eigenvalue weighted by atomic mass is 16.7. The predicted molar refractivity (Wildman–Crippen MR) is 293 cm³/mol. The Labute approximate surface area is 430 Å². The van der Waals surface area contributed by atoms with Crippen molar-refractivity contribution in [1.29, 1.82) is 0 Å². The lowest BCUT2D eigenvalue weighted by Gasteiger charge is -2.39. The Kier molecular flexibility index (Phi) is 48.7. The first-order chi connectivity index (χ1) is 34.4. The van der Waals surface area contributed by atoms with Gasteiger partial charge in [0.15, 0.2) is 6.29 Å². The van der Waals surface area contributed by atoms with Crippen LogP contribution in [0.1, 0.15) is 258 Å². The average molecular weight is 988 g/mol. The number of carbonyl (C=O) groups is 1. The first-order valence-electron chi connectivity index (χ1n) is 29.4. The third kappa shape index (κ3) is 41.4. The molecule has 6 unspecified atom stereocenters. The molecule has 1 rings (SSSR count). The molecule has 1 fully saturated rings. The summed E-state index contributed by atoms with van der Waals surface area (Å²) in [5.74, 6) is -0.329. The standard InChI is InChI=1S/C61H110O9/c1-3-5-7-9-11-13-15-17-19-21-23-25-26-27-28-29-31-33-35-37-39-41-43-45-47-49-51-67-53-55(54-68-61-60(66)59(65)58(64)56(52-62)70-61)69-57(63)50-48-46-44-42-40-38-36-34-32-30-24-22-20-18-16-14-12-10-8-6-4-2/h6,8,12,14,18,20,24,30,34,36,55-56,58-62,64-66H,3-5,7,9-11,13,15-17,19,21-23,25-29,31-33,35,37-54H2,1-2H3/b8-6-,14-12-,20-18-,30-24-,36-34-. The van der Waals surface area contributed by atoms with Crippen molar-refractivity contribution in [3.05, 3.63) is 60.8 Å². The van der Waals surface area contributed by atoms with Crippen molar-refractivity contribution in [3.8, 4) is 0 Å². The summed E-state index contributed by atoms with van der Waals surface area (Å²) in [6.07, 6.45) is 61.3. The van der Waals surface area contributed by atoms with Crippen molar-refractivity contribution in [2.75, 3.05) is 26.4 Å². The number of unbranched alkanes of at least 4 members (excludes halogenated alkanes) is 30. The number of hydrogen-bond donors (Lipinski definition) is 4. The molecule has 1 aliphatic heterocycles. The summed E-state index contributed by atoms with van der Waals surface area (Å²) in [6.45, 7) is 4.46. The lowest BCUT2D eigenvalue weighted by Crippen LogP contribution is -2.59. The summed E-state index contributed by atoms with van der Waals surface area (Å²) in [5.41, 5.74) is 0. The summed E-state index contributed by atoms with van der Waals surface area (Å²) in [5, 5.41) is 40.4. The van der Waals surface area contributed by atoms with Crippen LogP contribution in [-0.4, -0.2) is 89.6 Å². The van der Waals surface area contributed by atoms with Crippen LogP contribution in [0.15, 0.2) is 60.8 Å². The minimum atomic E-state index is -1.54. The Balaban J connectivity index is 2.15. The van der Waals surface area contributed by atoms with E-state index in [1.807, 2.05) is 0 Å². The Hall–Kier alpha value is -2.11. The molecule has 0 aromatic rings. The summed E-state index contributed by atoms with van der Waals surface area (Å²) >= 11 is 0. The number of carbonyl (C=O) groups excluding carboxylic acids is 1. The van der Waals surface area contributed by atoms with Crippen molar-refractivity contribution >= 4 is 5.97 Å². The van der Waals surface area contributed by atoms with Gasteiger partial charge in [0.1, 0.15) is 30.5 Å². The highest BCUT2D eigenvalue weighted by molar-refractivity contribution is 5.69. The van der Waals surface area contributed by atoms with Crippen LogP contribution in [-0.2, 0) is 23.7 Å². The van der Waals surface area contributed by atoms with Gasteiger partial charge in [-0.3, -0.25) is 4.79 Å². The van der Waals surface area contributed by atoms with E-state index in [1.54, 1.807) is 0 Å². The molecule has 1 heterocycles. The van der Waals surface area contributed by atoms with Crippen LogP contribution in [0.25, 0.3) is 0 Å². The van der Waals surface area contributed by atoms with E-state index in [1.165, 1.54) is 154 Å². The number of ether oxygens (including phenoxy) is 4. The molecule has 0 aromatic heterocycles. The largest absolute Gasteiger partial charge is 0.457 e. The van der Waals surface area contributed by atoms with Crippen LogP contribution in [0.3, 0.4) is 0 Å². The fourth-order valence-electron chi connectivity index (χ4n) is 8.93. The van der Waals surface area contributed by atoms with Gasteiger partial charge in [0.25, 0.3) is 0 Å². The Bertz CT molecular complexity index is 1260. The van der Waals surface area contributed by atoms with Gasteiger partial charge in [-0.05, 0) is 57.8 Å². The van der Waals surface area contributed by atoms with E-state index in [-0.39, 0.29) is 19.2 Å². The smallest absolute Gasteiger partial charge is 0.306 e. The highest BCUT2D eigenvalue weighted by Crippen LogP contribution is 2.23. The fraction of sp³-hybridized carbons (Fsp3) is 0.820. The molecule has 6 atom stereocenters. The first-order valence-corrected chi connectivity index (χ1v) is 29.4. The zero-order chi connectivity index (χ0) is 50.6. The molecule has 0 aromatic carbocycles. The maximum Gasteiger partial charge on any atom is 0.306 e. The first kappa shape index (κ1) is 65.9. The molecule has 0 bridgehead atoms. The van der Waals surface area contributed by atoms with Crippen molar-refractivity contribution in [2.45, 2.75) is 295 Å². The van der Waals surface area contributed by atoms with Crippen molar-refractivity contribution in [1.82, 2.24) is 0 Å². The van der Waals surface area contributed by atoms with E-state index in [9.17, 15) is 25.2 Å². The zero-order valence-electron chi connectivity index (χ0n) is 45.3. The predicted octanol–water partition coefficient (Wildman–Crippen LogP) is 15.4. The summed E-state index contributed by atoms with van der Waals surface area (Å²) in [6, 6.07) is 0. The lowest BCUT2D eigenvalue weighted by atomic mass is 9.99. The second kappa shape index (κ2) is 51.8. The van der Waals surface area contributed by atoms with Crippen LogP contribution >= 0.6 is 0 Å². The van der Waals surface area contributed by atoms with Crippen molar-refractivity contribution in [2.24, 2.45) is 0 Å². The molecule has 9 nitrogen and oxygen atoms in total. The second-order valence-corrected chi connectivity index (χ2v) is 20.1. The summed E-state index contributed by atoms with van der Waals surface area (Å²) in [4.78, 5) is 12.9. The molecular weight excluding hydrogens is 877 g/mol. The normalized spacial score (nSPS) is 19.3. The van der Waals surface area contributed by atoms with E-state index in [2.05, 4.69) is 74.6 Å². The topological polar surface area (TPSA) is 135 Å². The second-order valence-electron chi connectivity index (χ2n) is 20.1. The Morgan fingerprint density at radius 3 is 1.31 bits per heavy atom. The minimum absolute atomic E-state index is 0.121. The molecule has 0 amide bonds. The van der Waals surface area contributed by atoms with Gasteiger partial charge in [0.05, 0.1) is 19.8 Å². The number of rotatable bonds is 51. The highest BCUT2D eigenvalue weighted by Gasteiger charge is 2.44. The van der Waals surface area contributed by atoms with Gasteiger partial charge in [-0.1, -0.05) is 254 Å². The summed E-state index contributed by atoms with van der Waals surface area (Å²) < 4.78 is 23.0. The Morgan fingerprint density at radius 1 is 0.471 bits per heavy atom. The van der Waals surface area contributed by atoms with Gasteiger partial charge in [-0.25, -0.2) is 0 Å². The minimum Gasteiger partial charge on any atom is -0.457 e. The van der Waals surface area contributed by atoms with Crippen LogP contribution in [0, 0.1) is 0 Å². The molecule has 408 valence electrons. The van der Waals surface area contributed by atoms with E-state index >= 15 is 0 Å². The third-order valence-electron chi connectivity index (χ3n) is 13.4. The lowest BCUT2D eigenvalue weighted by molar-refractivity contribution is -0.305. The molecule has 0 saturated carbocycles. The summed E-state index contributed by atoms with van der Waals surface area (Å²) in [7, 11) is 0. The molecule has 0 spiro atoms.